The van der Waals surface area contributed by atoms with Crippen molar-refractivity contribution in [2.75, 3.05) is 20.1 Å². The van der Waals surface area contributed by atoms with Gasteiger partial charge in [-0.05, 0) is 33.9 Å². The summed E-state index contributed by atoms with van der Waals surface area (Å²) in [5, 5.41) is 8.72. The maximum atomic E-state index is 12.0. The van der Waals surface area contributed by atoms with Crippen LogP contribution in [-0.2, 0) is 0 Å². The molecule has 0 N–H and O–H groups in total. The summed E-state index contributed by atoms with van der Waals surface area (Å²) in [7, 11) is 1.88. The van der Waals surface area contributed by atoms with Crippen LogP contribution in [0.25, 0.3) is 0 Å². The van der Waals surface area contributed by atoms with E-state index in [0.29, 0.717) is 13.1 Å². The van der Waals surface area contributed by atoms with Gasteiger partial charge in [0.1, 0.15) is 0 Å². The highest BCUT2D eigenvalue weighted by Gasteiger charge is 2.15. The molecule has 1 aromatic rings. The molecule has 0 aliphatic heterocycles. The SMILES string of the molecule is Cc1cc(C(=O)CN(C)CC(C)C#N)c(C)s1. The van der Waals surface area contributed by atoms with E-state index in [4.69, 9.17) is 5.26 Å². The molecule has 0 fully saturated rings. The van der Waals surface area contributed by atoms with Crippen LogP contribution in [0.3, 0.4) is 0 Å². The van der Waals surface area contributed by atoms with E-state index < -0.39 is 0 Å². The van der Waals surface area contributed by atoms with Crippen LogP contribution in [0.15, 0.2) is 6.07 Å². The quantitative estimate of drug-likeness (QED) is 0.755. The second kappa shape index (κ2) is 5.95. The molecule has 0 radical (unpaired) electrons. The maximum Gasteiger partial charge on any atom is 0.177 e. The first kappa shape index (κ1) is 13.9. The largest absolute Gasteiger partial charge is 0.298 e. The molecular formula is C13H18N2OS. The number of Topliss-reactive ketones (excluding diaryl/α,β-unsaturated/α-hetero) is 1. The van der Waals surface area contributed by atoms with Crippen LogP contribution in [0.4, 0.5) is 0 Å². The minimum Gasteiger partial charge on any atom is -0.298 e. The molecule has 1 unspecified atom stereocenters. The Labute approximate surface area is 107 Å². The summed E-state index contributed by atoms with van der Waals surface area (Å²) in [5.41, 5.74) is 0.823. The van der Waals surface area contributed by atoms with E-state index in [1.807, 2.05) is 38.8 Å². The number of aryl methyl sites for hydroxylation is 2. The number of nitrogens with zero attached hydrogens (tertiary/aromatic N) is 2. The zero-order valence-electron chi connectivity index (χ0n) is 10.8. The zero-order chi connectivity index (χ0) is 13.0. The minimum atomic E-state index is -0.0434. The molecule has 1 rings (SSSR count). The van der Waals surface area contributed by atoms with Gasteiger partial charge < -0.3 is 0 Å². The second-order valence-corrected chi connectivity index (χ2v) is 5.94. The molecule has 1 atom stereocenters. The zero-order valence-corrected chi connectivity index (χ0v) is 11.6. The Morgan fingerprint density at radius 2 is 2.24 bits per heavy atom. The van der Waals surface area contributed by atoms with Crippen molar-refractivity contribution in [2.45, 2.75) is 20.8 Å². The third-order valence-corrected chi connectivity index (χ3v) is 3.53. The first-order valence-corrected chi connectivity index (χ1v) is 6.44. The molecule has 17 heavy (non-hydrogen) atoms. The number of rotatable bonds is 5. The predicted molar refractivity (Wildman–Crippen MR) is 70.4 cm³/mol. The molecule has 92 valence electrons. The lowest BCUT2D eigenvalue weighted by atomic mass is 10.1. The van der Waals surface area contributed by atoms with E-state index in [1.54, 1.807) is 11.3 Å². The number of hydrogen-bond donors (Lipinski definition) is 0. The molecule has 1 heterocycles. The number of likely N-dealkylation sites (N-methyl/N-ethyl adjacent to an activating group) is 1. The van der Waals surface area contributed by atoms with Crippen molar-refractivity contribution in [1.29, 1.82) is 5.26 Å². The Balaban J connectivity index is 2.61. The Morgan fingerprint density at radius 1 is 1.59 bits per heavy atom. The number of thiophene rings is 1. The lowest BCUT2D eigenvalue weighted by Crippen LogP contribution is -2.29. The van der Waals surface area contributed by atoms with Gasteiger partial charge >= 0.3 is 0 Å². The van der Waals surface area contributed by atoms with E-state index in [-0.39, 0.29) is 11.7 Å². The van der Waals surface area contributed by atoms with Crippen LogP contribution in [0, 0.1) is 31.1 Å². The summed E-state index contributed by atoms with van der Waals surface area (Å²) in [4.78, 5) is 16.2. The molecule has 0 spiro atoms. The molecule has 1 aromatic heterocycles. The Kier molecular flexibility index (Phi) is 4.86. The maximum absolute atomic E-state index is 12.0. The van der Waals surface area contributed by atoms with Crippen LogP contribution in [0.1, 0.15) is 27.0 Å². The standard InChI is InChI=1S/C13H18N2OS/c1-9(6-14)7-15(4)8-13(16)12-5-10(2)17-11(12)3/h5,9H,7-8H2,1-4H3. The first-order valence-electron chi connectivity index (χ1n) is 5.62. The van der Waals surface area contributed by atoms with E-state index in [0.717, 1.165) is 10.4 Å². The lowest BCUT2D eigenvalue weighted by Gasteiger charge is -2.16. The molecule has 0 aliphatic rings. The van der Waals surface area contributed by atoms with Gasteiger partial charge in [0.2, 0.25) is 0 Å². The fourth-order valence-electron chi connectivity index (χ4n) is 1.81. The third-order valence-electron chi connectivity index (χ3n) is 2.56. The highest BCUT2D eigenvalue weighted by molar-refractivity contribution is 7.12. The van der Waals surface area contributed by atoms with E-state index >= 15 is 0 Å². The van der Waals surface area contributed by atoms with E-state index in [9.17, 15) is 4.79 Å². The number of carbonyl (C=O) groups is 1. The van der Waals surface area contributed by atoms with Crippen LogP contribution in [0.2, 0.25) is 0 Å². The van der Waals surface area contributed by atoms with Crippen molar-refractivity contribution in [2.24, 2.45) is 5.92 Å². The van der Waals surface area contributed by atoms with Crippen molar-refractivity contribution in [3.05, 3.63) is 21.4 Å². The fraction of sp³-hybridized carbons (Fsp3) is 0.538. The molecule has 0 aliphatic carbocycles. The Morgan fingerprint density at radius 3 is 2.71 bits per heavy atom. The molecule has 0 amide bonds. The van der Waals surface area contributed by atoms with Crippen molar-refractivity contribution < 1.29 is 4.79 Å². The number of hydrogen-bond acceptors (Lipinski definition) is 4. The topological polar surface area (TPSA) is 44.1 Å². The summed E-state index contributed by atoms with van der Waals surface area (Å²) in [6.45, 7) is 6.85. The van der Waals surface area contributed by atoms with Gasteiger partial charge in [0.05, 0.1) is 18.5 Å². The van der Waals surface area contributed by atoms with Gasteiger partial charge in [0.25, 0.3) is 0 Å². The number of ketones is 1. The average molecular weight is 250 g/mol. The van der Waals surface area contributed by atoms with Crippen LogP contribution in [-0.4, -0.2) is 30.8 Å². The summed E-state index contributed by atoms with van der Waals surface area (Å²) >= 11 is 1.65. The fourth-order valence-corrected chi connectivity index (χ4v) is 2.75. The monoisotopic (exact) mass is 250 g/mol. The molecule has 0 bridgehead atoms. The Bertz CT molecular complexity index is 445. The first-order chi connectivity index (χ1) is 7.93. The van der Waals surface area contributed by atoms with Gasteiger partial charge in [-0.3, -0.25) is 9.69 Å². The van der Waals surface area contributed by atoms with Crippen LogP contribution < -0.4 is 0 Å². The molecule has 0 saturated carbocycles. The van der Waals surface area contributed by atoms with Gasteiger partial charge in [0, 0.05) is 21.9 Å². The normalized spacial score (nSPS) is 12.5. The average Bonchev–Trinajstić information content (AvgIpc) is 2.57. The van der Waals surface area contributed by atoms with Crippen LogP contribution >= 0.6 is 11.3 Å². The van der Waals surface area contributed by atoms with Crippen molar-refractivity contribution in [3.8, 4) is 6.07 Å². The van der Waals surface area contributed by atoms with Gasteiger partial charge in [0.15, 0.2) is 5.78 Å². The minimum absolute atomic E-state index is 0.0434. The summed E-state index contributed by atoms with van der Waals surface area (Å²) < 4.78 is 0. The highest BCUT2D eigenvalue weighted by atomic mass is 32.1. The lowest BCUT2D eigenvalue weighted by molar-refractivity contribution is 0.0942. The van der Waals surface area contributed by atoms with Crippen molar-refractivity contribution in [1.82, 2.24) is 4.90 Å². The van der Waals surface area contributed by atoms with Crippen molar-refractivity contribution >= 4 is 17.1 Å². The van der Waals surface area contributed by atoms with E-state index in [1.165, 1.54) is 4.88 Å². The van der Waals surface area contributed by atoms with Gasteiger partial charge in [-0.25, -0.2) is 0 Å². The smallest absolute Gasteiger partial charge is 0.177 e. The highest BCUT2D eigenvalue weighted by Crippen LogP contribution is 2.21. The summed E-state index contributed by atoms with van der Waals surface area (Å²) in [6, 6.07) is 4.12. The summed E-state index contributed by atoms with van der Waals surface area (Å²) in [5.74, 6) is 0.0950. The van der Waals surface area contributed by atoms with Crippen LogP contribution in [0.5, 0.6) is 0 Å². The summed E-state index contributed by atoms with van der Waals surface area (Å²) in [6.07, 6.45) is 0. The van der Waals surface area contributed by atoms with Gasteiger partial charge in [-0.2, -0.15) is 5.26 Å². The van der Waals surface area contributed by atoms with Gasteiger partial charge in [-0.1, -0.05) is 0 Å². The van der Waals surface area contributed by atoms with E-state index in [2.05, 4.69) is 6.07 Å². The second-order valence-electron chi connectivity index (χ2n) is 4.48. The molecule has 0 saturated heterocycles. The third kappa shape index (κ3) is 3.95. The molecular weight excluding hydrogens is 232 g/mol. The van der Waals surface area contributed by atoms with Gasteiger partial charge in [-0.15, -0.1) is 11.3 Å². The Hall–Kier alpha value is -1.18. The number of nitriles is 1. The molecule has 0 aromatic carbocycles. The molecule has 4 heteroatoms. The molecule has 3 nitrogen and oxygen atoms in total. The number of carbonyl (C=O) groups excluding carboxylic acids is 1. The van der Waals surface area contributed by atoms with Crippen molar-refractivity contribution in [3.63, 3.8) is 0 Å². The predicted octanol–water partition coefficient (Wildman–Crippen LogP) is 2.64.